The monoisotopic (exact) mass is 432 g/mol. The molecular weight excluding hydrogens is 408 g/mol. The summed E-state index contributed by atoms with van der Waals surface area (Å²) < 4.78 is 21.2. The number of carbonyl (C=O) groups is 2. The number of aryl methyl sites for hydroxylation is 1. The van der Waals surface area contributed by atoms with Crippen molar-refractivity contribution in [3.8, 4) is 23.0 Å². The molecule has 0 atom stereocenters. The first-order chi connectivity index (χ1) is 15.4. The maximum absolute atomic E-state index is 12.6. The molecular formula is C26H24O6. The molecule has 0 aliphatic carbocycles. The van der Waals surface area contributed by atoms with E-state index in [0.717, 1.165) is 11.1 Å². The summed E-state index contributed by atoms with van der Waals surface area (Å²) in [5, 5.41) is 0. The van der Waals surface area contributed by atoms with Crippen molar-refractivity contribution in [2.24, 2.45) is 0 Å². The molecule has 164 valence electrons. The number of allylic oxidation sites excluding steroid dienone is 1. The second-order valence-corrected chi connectivity index (χ2v) is 6.94. The van der Waals surface area contributed by atoms with Gasteiger partial charge in [-0.25, -0.2) is 4.79 Å². The number of ketones is 1. The van der Waals surface area contributed by atoms with Crippen LogP contribution in [0.2, 0.25) is 0 Å². The molecule has 0 bridgehead atoms. The molecule has 0 N–H and O–H groups in total. The van der Waals surface area contributed by atoms with Gasteiger partial charge in [0.2, 0.25) is 5.75 Å². The number of rotatable bonds is 8. The molecule has 32 heavy (non-hydrogen) atoms. The normalized spacial score (nSPS) is 10.6. The molecule has 6 heteroatoms. The van der Waals surface area contributed by atoms with Gasteiger partial charge in [0.1, 0.15) is 5.75 Å². The fourth-order valence-electron chi connectivity index (χ4n) is 3.00. The lowest BCUT2D eigenvalue weighted by Crippen LogP contribution is -2.10. The Bertz CT molecular complexity index is 1100. The van der Waals surface area contributed by atoms with Gasteiger partial charge in [-0.05, 0) is 55.0 Å². The highest BCUT2D eigenvalue weighted by Crippen LogP contribution is 2.38. The minimum atomic E-state index is -0.595. The van der Waals surface area contributed by atoms with E-state index >= 15 is 0 Å². The average Bonchev–Trinajstić information content (AvgIpc) is 2.82. The molecule has 6 nitrogen and oxygen atoms in total. The van der Waals surface area contributed by atoms with E-state index in [4.69, 9.17) is 18.9 Å². The van der Waals surface area contributed by atoms with E-state index < -0.39 is 5.97 Å². The molecule has 0 aliphatic heterocycles. The van der Waals surface area contributed by atoms with Gasteiger partial charge in [0.05, 0.1) is 26.9 Å². The lowest BCUT2D eigenvalue weighted by Gasteiger charge is -2.13. The van der Waals surface area contributed by atoms with Gasteiger partial charge >= 0.3 is 5.97 Å². The van der Waals surface area contributed by atoms with Crippen LogP contribution in [0.15, 0.2) is 66.7 Å². The second kappa shape index (κ2) is 10.3. The summed E-state index contributed by atoms with van der Waals surface area (Å²) in [6.45, 7) is 2.01. The van der Waals surface area contributed by atoms with Crippen LogP contribution < -0.4 is 18.9 Å². The van der Waals surface area contributed by atoms with E-state index in [9.17, 15) is 9.59 Å². The van der Waals surface area contributed by atoms with E-state index in [1.54, 1.807) is 30.3 Å². The predicted octanol–water partition coefficient (Wildman–Crippen LogP) is 5.14. The number of benzene rings is 3. The Morgan fingerprint density at radius 1 is 0.750 bits per heavy atom. The molecule has 3 aromatic carbocycles. The molecule has 0 unspecified atom stereocenters. The van der Waals surface area contributed by atoms with Crippen LogP contribution in [0.1, 0.15) is 31.8 Å². The lowest BCUT2D eigenvalue weighted by atomic mass is 10.1. The van der Waals surface area contributed by atoms with E-state index in [1.165, 1.54) is 39.5 Å². The smallest absolute Gasteiger partial charge is 0.343 e. The fourth-order valence-corrected chi connectivity index (χ4v) is 3.00. The van der Waals surface area contributed by atoms with Gasteiger partial charge in [-0.2, -0.15) is 0 Å². The van der Waals surface area contributed by atoms with Gasteiger partial charge < -0.3 is 18.9 Å². The Labute approximate surface area is 187 Å². The van der Waals surface area contributed by atoms with Crippen LogP contribution >= 0.6 is 0 Å². The molecule has 0 aromatic heterocycles. The third kappa shape index (κ3) is 5.35. The molecule has 0 heterocycles. The zero-order chi connectivity index (χ0) is 23.1. The molecule has 3 aromatic rings. The maximum atomic E-state index is 12.6. The van der Waals surface area contributed by atoms with Crippen LogP contribution in [0.4, 0.5) is 0 Å². The maximum Gasteiger partial charge on any atom is 0.343 e. The lowest BCUT2D eigenvalue weighted by molar-refractivity contribution is 0.0733. The predicted molar refractivity (Wildman–Crippen MR) is 122 cm³/mol. The van der Waals surface area contributed by atoms with Gasteiger partial charge in [-0.1, -0.05) is 35.9 Å². The van der Waals surface area contributed by atoms with Crippen molar-refractivity contribution in [3.63, 3.8) is 0 Å². The highest BCUT2D eigenvalue weighted by atomic mass is 16.5. The summed E-state index contributed by atoms with van der Waals surface area (Å²) in [5.41, 5.74) is 2.83. The Morgan fingerprint density at radius 3 is 1.88 bits per heavy atom. The van der Waals surface area contributed by atoms with Crippen LogP contribution in [0.5, 0.6) is 23.0 Å². The van der Waals surface area contributed by atoms with Gasteiger partial charge in [0, 0.05) is 5.56 Å². The quantitative estimate of drug-likeness (QED) is 0.213. The first kappa shape index (κ1) is 22.6. The molecule has 0 fully saturated rings. The Kier molecular flexibility index (Phi) is 7.29. The van der Waals surface area contributed by atoms with Crippen LogP contribution in [-0.2, 0) is 0 Å². The standard InChI is InChI=1S/C26H24O6/c1-17-5-7-18(8-6-17)9-14-22(27)19-10-12-21(13-11-19)32-26(28)20-15-23(29-2)25(31-4)24(16-20)30-3/h5-16H,1-4H3. The van der Waals surface area contributed by atoms with Crippen molar-refractivity contribution in [1.29, 1.82) is 0 Å². The molecule has 3 rings (SSSR count). The molecule has 0 saturated carbocycles. The topological polar surface area (TPSA) is 71.1 Å². The van der Waals surface area contributed by atoms with Crippen molar-refractivity contribution in [3.05, 3.63) is 89.0 Å². The van der Waals surface area contributed by atoms with Crippen LogP contribution in [0.25, 0.3) is 6.08 Å². The van der Waals surface area contributed by atoms with Crippen LogP contribution in [0.3, 0.4) is 0 Å². The average molecular weight is 432 g/mol. The molecule has 0 spiro atoms. The number of methoxy groups -OCH3 is 3. The number of hydrogen-bond donors (Lipinski definition) is 0. The second-order valence-electron chi connectivity index (χ2n) is 6.94. The van der Waals surface area contributed by atoms with E-state index in [0.29, 0.717) is 28.6 Å². The van der Waals surface area contributed by atoms with Crippen LogP contribution in [-0.4, -0.2) is 33.1 Å². The van der Waals surface area contributed by atoms with Crippen LogP contribution in [0, 0.1) is 6.92 Å². The Morgan fingerprint density at radius 2 is 1.34 bits per heavy atom. The molecule has 0 radical (unpaired) electrons. The third-order valence-electron chi connectivity index (χ3n) is 4.75. The first-order valence-corrected chi connectivity index (χ1v) is 9.86. The van der Waals surface area contributed by atoms with Gasteiger partial charge in [0.25, 0.3) is 0 Å². The molecule has 0 amide bonds. The SMILES string of the molecule is COc1cc(C(=O)Oc2ccc(C(=O)C=Cc3ccc(C)cc3)cc2)cc(OC)c1OC. The van der Waals surface area contributed by atoms with Gasteiger partial charge in [-0.15, -0.1) is 0 Å². The van der Waals surface area contributed by atoms with E-state index in [1.807, 2.05) is 31.2 Å². The fraction of sp³-hybridized carbons (Fsp3) is 0.154. The van der Waals surface area contributed by atoms with Crippen molar-refractivity contribution in [2.75, 3.05) is 21.3 Å². The summed E-state index contributed by atoms with van der Waals surface area (Å²) in [5.74, 6) is 0.645. The van der Waals surface area contributed by atoms with Gasteiger partial charge in [-0.3, -0.25) is 4.79 Å². The minimum Gasteiger partial charge on any atom is -0.493 e. The van der Waals surface area contributed by atoms with E-state index in [2.05, 4.69) is 0 Å². The van der Waals surface area contributed by atoms with Crippen molar-refractivity contribution in [2.45, 2.75) is 6.92 Å². The first-order valence-electron chi connectivity index (χ1n) is 9.86. The Hall–Kier alpha value is -4.06. The number of esters is 1. The summed E-state index contributed by atoms with van der Waals surface area (Å²) >= 11 is 0. The zero-order valence-corrected chi connectivity index (χ0v) is 18.4. The highest BCUT2D eigenvalue weighted by molar-refractivity contribution is 6.06. The molecule has 0 saturated heterocycles. The van der Waals surface area contributed by atoms with Crippen molar-refractivity contribution < 1.29 is 28.5 Å². The van der Waals surface area contributed by atoms with Gasteiger partial charge in [0.15, 0.2) is 17.3 Å². The minimum absolute atomic E-state index is 0.145. The molecule has 0 aliphatic rings. The summed E-state index contributed by atoms with van der Waals surface area (Å²) in [4.78, 5) is 25.0. The summed E-state index contributed by atoms with van der Waals surface area (Å²) in [6, 6.07) is 17.3. The summed E-state index contributed by atoms with van der Waals surface area (Å²) in [6.07, 6.45) is 3.28. The van der Waals surface area contributed by atoms with Crippen molar-refractivity contribution >= 4 is 17.8 Å². The number of hydrogen-bond acceptors (Lipinski definition) is 6. The number of ether oxygens (including phenoxy) is 4. The number of carbonyl (C=O) groups excluding carboxylic acids is 2. The third-order valence-corrected chi connectivity index (χ3v) is 4.75. The van der Waals surface area contributed by atoms with E-state index in [-0.39, 0.29) is 11.3 Å². The Balaban J connectivity index is 1.70. The zero-order valence-electron chi connectivity index (χ0n) is 18.4. The summed E-state index contributed by atoms with van der Waals surface area (Å²) in [7, 11) is 4.42. The van der Waals surface area contributed by atoms with Crippen molar-refractivity contribution in [1.82, 2.24) is 0 Å². The largest absolute Gasteiger partial charge is 0.493 e. The highest BCUT2D eigenvalue weighted by Gasteiger charge is 2.18.